The van der Waals surface area contributed by atoms with Gasteiger partial charge in [-0.15, -0.1) is 0 Å². The highest BCUT2D eigenvalue weighted by atomic mass is 19.1. The summed E-state index contributed by atoms with van der Waals surface area (Å²) in [5.41, 5.74) is -0.172. The number of hydrogen-bond acceptors (Lipinski definition) is 2. The molecule has 2 aliphatic rings. The van der Waals surface area contributed by atoms with Crippen molar-refractivity contribution in [3.63, 3.8) is 0 Å². The number of halogens is 1. The van der Waals surface area contributed by atoms with Gasteiger partial charge >= 0.3 is 5.97 Å². The summed E-state index contributed by atoms with van der Waals surface area (Å²) in [5, 5.41) is 8.77. The zero-order chi connectivity index (χ0) is 13.6. The zero-order valence-corrected chi connectivity index (χ0v) is 10.3. The van der Waals surface area contributed by atoms with Crippen molar-refractivity contribution in [2.24, 2.45) is 5.92 Å². The lowest BCUT2D eigenvalue weighted by Crippen LogP contribution is -2.38. The average Bonchev–Trinajstić information content (AvgIpc) is 3.00. The highest BCUT2D eigenvalue weighted by Crippen LogP contribution is 2.38. The number of fused-ring (bicyclic) bond motifs is 2. The number of carbonyl (C=O) groups excluding carboxylic acids is 1. The number of likely N-dealkylation sites (tertiary alicyclic amines) is 1. The number of aromatic carboxylic acids is 1. The molecule has 1 aromatic rings. The van der Waals surface area contributed by atoms with E-state index in [4.69, 9.17) is 5.11 Å². The zero-order valence-electron chi connectivity index (χ0n) is 10.3. The molecule has 19 heavy (non-hydrogen) atoms. The van der Waals surface area contributed by atoms with Crippen LogP contribution in [0, 0.1) is 11.7 Å². The van der Waals surface area contributed by atoms with Crippen molar-refractivity contribution in [1.82, 2.24) is 4.90 Å². The van der Waals surface area contributed by atoms with Gasteiger partial charge in [0.05, 0.1) is 11.1 Å². The quantitative estimate of drug-likeness (QED) is 0.889. The maximum Gasteiger partial charge on any atom is 0.335 e. The summed E-state index contributed by atoms with van der Waals surface area (Å²) in [7, 11) is 0. The molecule has 3 rings (SSSR count). The minimum atomic E-state index is -1.20. The van der Waals surface area contributed by atoms with E-state index in [1.807, 2.05) is 0 Å². The van der Waals surface area contributed by atoms with E-state index >= 15 is 0 Å². The number of benzene rings is 1. The lowest BCUT2D eigenvalue weighted by atomic mass is 10.1. The fraction of sp³-hybridized carbons (Fsp3) is 0.429. The van der Waals surface area contributed by atoms with E-state index in [-0.39, 0.29) is 23.1 Å². The van der Waals surface area contributed by atoms with Gasteiger partial charge in [0.1, 0.15) is 5.82 Å². The monoisotopic (exact) mass is 263 g/mol. The second-order valence-corrected chi connectivity index (χ2v) is 5.29. The van der Waals surface area contributed by atoms with Crippen molar-refractivity contribution in [2.75, 3.05) is 6.54 Å². The summed E-state index contributed by atoms with van der Waals surface area (Å²) >= 11 is 0. The Kier molecular flexibility index (Phi) is 2.77. The van der Waals surface area contributed by atoms with E-state index in [1.165, 1.54) is 12.1 Å². The summed E-state index contributed by atoms with van der Waals surface area (Å²) in [6.07, 6.45) is 3.15. The van der Waals surface area contributed by atoms with Gasteiger partial charge in [-0.1, -0.05) is 0 Å². The van der Waals surface area contributed by atoms with Crippen LogP contribution >= 0.6 is 0 Å². The normalized spacial score (nSPS) is 24.8. The maximum absolute atomic E-state index is 13.8. The van der Waals surface area contributed by atoms with E-state index in [9.17, 15) is 14.0 Å². The Morgan fingerprint density at radius 3 is 2.63 bits per heavy atom. The molecule has 1 heterocycles. The Morgan fingerprint density at radius 2 is 2.11 bits per heavy atom. The summed E-state index contributed by atoms with van der Waals surface area (Å²) in [4.78, 5) is 24.7. The number of carboxylic acids is 1. The lowest BCUT2D eigenvalue weighted by Gasteiger charge is -2.27. The molecule has 100 valence electrons. The van der Waals surface area contributed by atoms with Crippen molar-refractivity contribution < 1.29 is 19.1 Å². The smallest absolute Gasteiger partial charge is 0.335 e. The second kappa shape index (κ2) is 4.33. The van der Waals surface area contributed by atoms with Crippen LogP contribution in [0.2, 0.25) is 0 Å². The molecule has 0 aromatic heterocycles. The first kappa shape index (κ1) is 12.1. The van der Waals surface area contributed by atoms with Gasteiger partial charge in [-0.25, -0.2) is 9.18 Å². The fourth-order valence-electron chi connectivity index (χ4n) is 3.15. The molecule has 1 aliphatic carbocycles. The van der Waals surface area contributed by atoms with Crippen molar-refractivity contribution in [3.8, 4) is 0 Å². The molecule has 1 N–H and O–H groups in total. The van der Waals surface area contributed by atoms with E-state index < -0.39 is 11.8 Å². The lowest BCUT2D eigenvalue weighted by molar-refractivity contribution is 0.0682. The molecule has 4 nitrogen and oxygen atoms in total. The van der Waals surface area contributed by atoms with Crippen LogP contribution in [0.5, 0.6) is 0 Å². The summed E-state index contributed by atoms with van der Waals surface area (Å²) < 4.78 is 13.8. The second-order valence-electron chi connectivity index (χ2n) is 5.29. The Morgan fingerprint density at radius 1 is 1.32 bits per heavy atom. The van der Waals surface area contributed by atoms with Gasteiger partial charge in [0.2, 0.25) is 0 Å². The molecule has 1 saturated heterocycles. The topological polar surface area (TPSA) is 57.6 Å². The van der Waals surface area contributed by atoms with Crippen molar-refractivity contribution in [2.45, 2.75) is 25.3 Å². The molecule has 0 radical (unpaired) electrons. The van der Waals surface area contributed by atoms with Crippen LogP contribution < -0.4 is 0 Å². The maximum atomic E-state index is 13.8. The van der Waals surface area contributed by atoms with Gasteiger partial charge in [-0.3, -0.25) is 4.79 Å². The molecule has 2 atom stereocenters. The Bertz CT molecular complexity index is 558. The fourth-order valence-corrected chi connectivity index (χ4v) is 3.15. The van der Waals surface area contributed by atoms with Crippen LogP contribution in [-0.2, 0) is 0 Å². The van der Waals surface area contributed by atoms with Crippen LogP contribution in [0.25, 0.3) is 0 Å². The summed E-state index contributed by atoms with van der Waals surface area (Å²) in [5.74, 6) is -1.72. The molecule has 1 amide bonds. The number of carbonyl (C=O) groups is 2. The van der Waals surface area contributed by atoms with Crippen LogP contribution in [-0.4, -0.2) is 34.5 Å². The van der Waals surface area contributed by atoms with Crippen LogP contribution in [0.15, 0.2) is 18.2 Å². The number of piperidine rings is 1. The van der Waals surface area contributed by atoms with E-state index in [0.29, 0.717) is 12.5 Å². The number of amides is 1. The Hall–Kier alpha value is -1.91. The Balaban J connectivity index is 1.86. The van der Waals surface area contributed by atoms with E-state index in [0.717, 1.165) is 25.3 Å². The van der Waals surface area contributed by atoms with Crippen LogP contribution in [0.1, 0.15) is 40.0 Å². The standard InChI is InChI=1S/C14H14FNO3/c15-12-6-9(14(18)19)2-4-11(12)13(17)16-7-8-1-3-10(16)5-8/h2,4,6,8,10H,1,3,5,7H2,(H,18,19). The Labute approximate surface area is 109 Å². The molecular formula is C14H14FNO3. The minimum absolute atomic E-state index is 0.0300. The van der Waals surface area contributed by atoms with Gasteiger partial charge < -0.3 is 10.0 Å². The molecular weight excluding hydrogens is 249 g/mol. The first-order valence-electron chi connectivity index (χ1n) is 6.40. The molecule has 1 aliphatic heterocycles. The van der Waals surface area contributed by atoms with Gasteiger partial charge in [0.25, 0.3) is 5.91 Å². The first-order chi connectivity index (χ1) is 9.06. The third-order valence-corrected chi connectivity index (χ3v) is 4.12. The van der Waals surface area contributed by atoms with Crippen molar-refractivity contribution >= 4 is 11.9 Å². The van der Waals surface area contributed by atoms with Gasteiger partial charge in [-0.05, 0) is 43.4 Å². The highest BCUT2D eigenvalue weighted by molar-refractivity contribution is 5.96. The average molecular weight is 263 g/mol. The largest absolute Gasteiger partial charge is 0.478 e. The number of hydrogen-bond donors (Lipinski definition) is 1. The first-order valence-corrected chi connectivity index (χ1v) is 6.40. The van der Waals surface area contributed by atoms with E-state index in [1.54, 1.807) is 4.90 Å². The van der Waals surface area contributed by atoms with E-state index in [2.05, 4.69) is 0 Å². The van der Waals surface area contributed by atoms with Crippen LogP contribution in [0.3, 0.4) is 0 Å². The molecule has 2 bridgehead atoms. The van der Waals surface area contributed by atoms with Gasteiger partial charge in [-0.2, -0.15) is 0 Å². The molecule has 2 fully saturated rings. The van der Waals surface area contributed by atoms with Gasteiger partial charge in [0.15, 0.2) is 0 Å². The SMILES string of the molecule is O=C(O)c1ccc(C(=O)N2CC3CCC2C3)c(F)c1. The van der Waals surface area contributed by atoms with Crippen molar-refractivity contribution in [1.29, 1.82) is 0 Å². The predicted molar refractivity (Wildman–Crippen MR) is 65.5 cm³/mol. The summed E-state index contributed by atoms with van der Waals surface area (Å²) in [6, 6.07) is 3.68. The van der Waals surface area contributed by atoms with Crippen LogP contribution in [0.4, 0.5) is 4.39 Å². The third-order valence-electron chi connectivity index (χ3n) is 4.12. The predicted octanol–water partition coefficient (Wildman–Crippen LogP) is 2.15. The van der Waals surface area contributed by atoms with Gasteiger partial charge in [0, 0.05) is 12.6 Å². The minimum Gasteiger partial charge on any atom is -0.478 e. The number of nitrogens with zero attached hydrogens (tertiary/aromatic N) is 1. The molecule has 5 heteroatoms. The molecule has 2 unspecified atom stereocenters. The molecule has 0 spiro atoms. The molecule has 1 aromatic carbocycles. The number of carboxylic acid groups (broad SMARTS) is 1. The number of rotatable bonds is 2. The highest BCUT2D eigenvalue weighted by Gasteiger charge is 2.40. The third kappa shape index (κ3) is 1.99. The van der Waals surface area contributed by atoms with Crippen molar-refractivity contribution in [3.05, 3.63) is 35.1 Å². The molecule has 1 saturated carbocycles. The summed E-state index contributed by atoms with van der Waals surface area (Å²) in [6.45, 7) is 0.698.